The minimum Gasteiger partial charge on any atom is -0.380 e. The quantitative estimate of drug-likeness (QED) is 0.123. The summed E-state index contributed by atoms with van der Waals surface area (Å²) in [6, 6.07) is 7.31. The standard InChI is InChI=1S/C30H31BrIN7O3/c1-15-5-6-24(31)35-29(15)36-30(41)23-8-17(3)28(32)39(23)25(40)12-38-27-16(2)7-19(20-10-33-18(4)34-11-20)9-22(27)26(37-38)21-13-42-14-21/h5-7,9-11,17,21,23,28H,8,12-14H2,1-4H3,(H,35,36,41)/t17-,23-,28-/m0/s1. The van der Waals surface area contributed by atoms with Gasteiger partial charge >= 0.3 is 0 Å². The Balaban J connectivity index is 1.32. The number of rotatable bonds is 6. The number of hydrogen-bond acceptors (Lipinski definition) is 7. The Labute approximate surface area is 265 Å². The Morgan fingerprint density at radius 2 is 1.83 bits per heavy atom. The third-order valence-electron chi connectivity index (χ3n) is 8.05. The number of benzene rings is 1. The number of likely N-dealkylation sites (tertiary alicyclic amines) is 1. The van der Waals surface area contributed by atoms with Gasteiger partial charge in [-0.25, -0.2) is 15.0 Å². The molecule has 3 aromatic heterocycles. The zero-order chi connectivity index (χ0) is 29.7. The van der Waals surface area contributed by atoms with E-state index in [1.54, 1.807) is 9.58 Å². The van der Waals surface area contributed by atoms with Crippen molar-refractivity contribution >= 4 is 67.1 Å². The van der Waals surface area contributed by atoms with Crippen LogP contribution in [0.15, 0.2) is 41.3 Å². The number of nitrogens with one attached hydrogen (secondary N) is 1. The number of hydrogen-bond donors (Lipinski definition) is 1. The molecule has 0 saturated carbocycles. The van der Waals surface area contributed by atoms with Gasteiger partial charge in [-0.15, -0.1) is 0 Å². The molecular formula is C30H31BrIN7O3. The van der Waals surface area contributed by atoms with Crippen LogP contribution in [0.3, 0.4) is 0 Å². The molecule has 2 aliphatic heterocycles. The number of nitrogens with zero attached hydrogens (tertiary/aromatic N) is 6. The lowest BCUT2D eigenvalue weighted by Gasteiger charge is -2.27. The van der Waals surface area contributed by atoms with Crippen LogP contribution < -0.4 is 5.32 Å². The summed E-state index contributed by atoms with van der Waals surface area (Å²) in [7, 11) is 0. The molecule has 4 aromatic rings. The zero-order valence-electron chi connectivity index (χ0n) is 23.8. The Hall–Kier alpha value is -2.97. The second-order valence-electron chi connectivity index (χ2n) is 11.2. The van der Waals surface area contributed by atoms with Crippen molar-refractivity contribution in [2.45, 2.75) is 56.7 Å². The number of pyridine rings is 1. The van der Waals surface area contributed by atoms with Crippen LogP contribution in [-0.2, 0) is 20.9 Å². The van der Waals surface area contributed by atoms with Crippen LogP contribution in [0.4, 0.5) is 5.82 Å². The van der Waals surface area contributed by atoms with E-state index in [1.165, 1.54) is 0 Å². The van der Waals surface area contributed by atoms with Gasteiger partial charge in [-0.05, 0) is 83.9 Å². The Morgan fingerprint density at radius 1 is 1.10 bits per heavy atom. The van der Waals surface area contributed by atoms with Crippen molar-refractivity contribution in [3.8, 4) is 11.1 Å². The molecule has 2 aliphatic rings. The van der Waals surface area contributed by atoms with Gasteiger partial charge in [-0.2, -0.15) is 5.10 Å². The minimum atomic E-state index is -0.606. The molecule has 5 heterocycles. The molecule has 10 nitrogen and oxygen atoms in total. The fourth-order valence-electron chi connectivity index (χ4n) is 5.68. The summed E-state index contributed by atoms with van der Waals surface area (Å²) in [5.41, 5.74) is 5.61. The van der Waals surface area contributed by atoms with Crippen LogP contribution in [0.1, 0.15) is 41.9 Å². The second kappa shape index (κ2) is 11.6. The molecule has 0 aliphatic carbocycles. The van der Waals surface area contributed by atoms with Gasteiger partial charge in [0.05, 0.1) is 34.4 Å². The molecular weight excluding hydrogens is 713 g/mol. The van der Waals surface area contributed by atoms with E-state index in [0.717, 1.165) is 44.7 Å². The molecule has 2 saturated heterocycles. The highest BCUT2D eigenvalue weighted by molar-refractivity contribution is 14.1. The van der Waals surface area contributed by atoms with E-state index in [1.807, 2.05) is 45.3 Å². The maximum absolute atomic E-state index is 14.0. The van der Waals surface area contributed by atoms with Gasteiger partial charge in [-0.3, -0.25) is 14.3 Å². The third-order valence-corrected chi connectivity index (χ3v) is 10.3. The van der Waals surface area contributed by atoms with Gasteiger partial charge in [0.2, 0.25) is 11.8 Å². The van der Waals surface area contributed by atoms with Crippen LogP contribution in [0, 0.1) is 26.7 Å². The van der Waals surface area contributed by atoms with Gasteiger partial charge < -0.3 is 15.0 Å². The van der Waals surface area contributed by atoms with Gasteiger partial charge in [0.25, 0.3) is 0 Å². The fourth-order valence-corrected chi connectivity index (χ4v) is 6.98. The summed E-state index contributed by atoms with van der Waals surface area (Å²) in [5.74, 6) is 1.14. The van der Waals surface area contributed by atoms with E-state index in [9.17, 15) is 9.59 Å². The summed E-state index contributed by atoms with van der Waals surface area (Å²) in [6.07, 6.45) is 4.23. The summed E-state index contributed by atoms with van der Waals surface area (Å²) in [4.78, 5) is 42.4. The average molecular weight is 744 g/mol. The SMILES string of the molecule is Cc1ncc(-c2cc(C)c3c(c2)c(C2COC2)nn3CC(=O)N2[C@H](I)[C@@H](C)C[C@H]2C(=O)Nc2nc(Br)ccc2C)cn1. The lowest BCUT2D eigenvalue weighted by molar-refractivity contribution is -0.137. The van der Waals surface area contributed by atoms with Gasteiger partial charge in [0.15, 0.2) is 0 Å². The minimum absolute atomic E-state index is 0.0298. The fraction of sp³-hybridized carbons (Fsp3) is 0.400. The number of ether oxygens (including phenoxy) is 1. The normalized spacial score (nSPS) is 20.6. The maximum Gasteiger partial charge on any atom is 0.248 e. The number of carbonyl (C=O) groups is 2. The first kappa shape index (κ1) is 29.1. The Morgan fingerprint density at radius 3 is 2.52 bits per heavy atom. The van der Waals surface area contributed by atoms with E-state index >= 15 is 0 Å². The summed E-state index contributed by atoms with van der Waals surface area (Å²) >= 11 is 5.66. The van der Waals surface area contributed by atoms with E-state index < -0.39 is 6.04 Å². The first-order valence-electron chi connectivity index (χ1n) is 13.9. The van der Waals surface area contributed by atoms with Crippen LogP contribution in [-0.4, -0.2) is 64.8 Å². The molecule has 218 valence electrons. The maximum atomic E-state index is 14.0. The number of amides is 2. The lowest BCUT2D eigenvalue weighted by Crippen LogP contribution is -2.47. The summed E-state index contributed by atoms with van der Waals surface area (Å²) in [6.45, 7) is 9.09. The van der Waals surface area contributed by atoms with E-state index in [-0.39, 0.29) is 34.2 Å². The number of aromatic nitrogens is 5. The molecule has 1 N–H and O–H groups in total. The smallest absolute Gasteiger partial charge is 0.248 e. The monoisotopic (exact) mass is 743 g/mol. The molecule has 0 spiro atoms. The average Bonchev–Trinajstić information content (AvgIpc) is 3.42. The summed E-state index contributed by atoms with van der Waals surface area (Å²) in [5, 5.41) is 8.93. The molecule has 0 radical (unpaired) electrons. The highest BCUT2D eigenvalue weighted by Gasteiger charge is 2.44. The molecule has 0 bridgehead atoms. The van der Waals surface area contributed by atoms with Crippen LogP contribution in [0.2, 0.25) is 0 Å². The van der Waals surface area contributed by atoms with Crippen molar-refractivity contribution in [1.82, 2.24) is 29.6 Å². The third kappa shape index (κ3) is 5.44. The van der Waals surface area contributed by atoms with Crippen molar-refractivity contribution in [3.05, 3.63) is 63.9 Å². The molecule has 0 unspecified atom stereocenters. The molecule has 3 atom stereocenters. The highest BCUT2D eigenvalue weighted by atomic mass is 127. The van der Waals surface area contributed by atoms with Crippen LogP contribution in [0.5, 0.6) is 0 Å². The van der Waals surface area contributed by atoms with Crippen molar-refractivity contribution in [2.75, 3.05) is 18.5 Å². The van der Waals surface area contributed by atoms with E-state index in [2.05, 4.69) is 77.8 Å². The van der Waals surface area contributed by atoms with Crippen LogP contribution >= 0.6 is 38.5 Å². The summed E-state index contributed by atoms with van der Waals surface area (Å²) < 4.78 is 7.81. The van der Waals surface area contributed by atoms with Gasteiger partial charge in [-0.1, -0.05) is 35.6 Å². The molecule has 12 heteroatoms. The zero-order valence-corrected chi connectivity index (χ0v) is 27.5. The predicted octanol–water partition coefficient (Wildman–Crippen LogP) is 5.33. The number of halogens is 2. The number of fused-ring (bicyclic) bond motifs is 1. The number of alkyl halides is 1. The lowest BCUT2D eigenvalue weighted by atomic mass is 9.96. The Bertz CT molecular complexity index is 1690. The number of carbonyl (C=O) groups excluding carboxylic acids is 2. The second-order valence-corrected chi connectivity index (χ2v) is 13.3. The predicted molar refractivity (Wildman–Crippen MR) is 171 cm³/mol. The van der Waals surface area contributed by atoms with E-state index in [4.69, 9.17) is 9.84 Å². The number of aryl methyl sites for hydroxylation is 3. The van der Waals surface area contributed by atoms with Gasteiger partial charge in [0, 0.05) is 23.3 Å². The molecule has 42 heavy (non-hydrogen) atoms. The molecule has 2 amide bonds. The first-order valence-corrected chi connectivity index (χ1v) is 15.9. The topological polar surface area (TPSA) is 115 Å². The highest BCUT2D eigenvalue weighted by Crippen LogP contribution is 2.37. The van der Waals surface area contributed by atoms with Gasteiger partial charge in [0.1, 0.15) is 28.8 Å². The largest absolute Gasteiger partial charge is 0.380 e. The van der Waals surface area contributed by atoms with Crippen molar-refractivity contribution in [3.63, 3.8) is 0 Å². The van der Waals surface area contributed by atoms with Crippen molar-refractivity contribution in [1.29, 1.82) is 0 Å². The Kier molecular flexibility index (Phi) is 8.05. The molecule has 2 fully saturated rings. The molecule has 6 rings (SSSR count). The van der Waals surface area contributed by atoms with E-state index in [0.29, 0.717) is 30.1 Å². The number of anilines is 1. The van der Waals surface area contributed by atoms with Crippen LogP contribution in [0.25, 0.3) is 22.0 Å². The molecule has 1 aromatic carbocycles. The van der Waals surface area contributed by atoms with Crippen molar-refractivity contribution < 1.29 is 14.3 Å². The van der Waals surface area contributed by atoms with Crippen molar-refractivity contribution in [2.24, 2.45) is 5.92 Å². The first-order chi connectivity index (χ1) is 20.1.